The van der Waals surface area contributed by atoms with Gasteiger partial charge in [-0.05, 0) is 80.1 Å². The Bertz CT molecular complexity index is 931. The van der Waals surface area contributed by atoms with Gasteiger partial charge in [-0.3, -0.25) is 0 Å². The maximum atomic E-state index is 12.1. The fourth-order valence-corrected chi connectivity index (χ4v) is 3.29. The lowest BCUT2D eigenvalue weighted by molar-refractivity contribution is -0.137. The first-order chi connectivity index (χ1) is 17.6. The number of hydrogen-bond acceptors (Lipinski definition) is 6. The van der Waals surface area contributed by atoms with Crippen molar-refractivity contribution in [1.82, 2.24) is 0 Å². The summed E-state index contributed by atoms with van der Waals surface area (Å²) in [6.07, 6.45) is 12.7. The Hall–Kier alpha value is -3.54. The van der Waals surface area contributed by atoms with Crippen LogP contribution in [-0.2, 0) is 14.3 Å². The Morgan fingerprint density at radius 3 is 1.81 bits per heavy atom. The van der Waals surface area contributed by atoms with E-state index in [9.17, 15) is 9.59 Å². The van der Waals surface area contributed by atoms with E-state index in [4.69, 9.17) is 18.9 Å². The predicted octanol–water partition coefficient (Wildman–Crippen LogP) is 6.93. The van der Waals surface area contributed by atoms with Crippen LogP contribution < -0.4 is 14.2 Å². The second kappa shape index (κ2) is 17.8. The fourth-order valence-electron chi connectivity index (χ4n) is 3.29. The van der Waals surface area contributed by atoms with Crippen LogP contribution in [0.15, 0.2) is 67.3 Å². The molecule has 0 aliphatic rings. The normalized spacial score (nSPS) is 10.7. The molecule has 2 aromatic carbocycles. The number of benzene rings is 2. The number of rotatable bonds is 18. The number of carbonyl (C=O) groups is 2. The maximum absolute atomic E-state index is 12.1. The molecule has 0 fully saturated rings. The van der Waals surface area contributed by atoms with E-state index in [0.717, 1.165) is 49.2 Å². The molecule has 36 heavy (non-hydrogen) atoms. The SMILES string of the molecule is C=CC(=O)OCCCCCCOc1ccc(/C=C\C(=O)Oc2ccc(OCCCCCC)cc2)cc1. The second-order valence-electron chi connectivity index (χ2n) is 8.34. The molecule has 0 aromatic heterocycles. The van der Waals surface area contributed by atoms with E-state index < -0.39 is 5.97 Å². The Balaban J connectivity index is 1.62. The standard InChI is InChI=1S/C30H38O6/c1-3-5-6-9-22-34-27-17-19-28(20-18-27)36-30(32)21-14-25-12-15-26(16-13-25)33-23-10-7-8-11-24-35-29(31)4-2/h4,12-21H,2-3,5-11,22-24H2,1H3/b21-14-. The Kier molecular flexibility index (Phi) is 14.2. The van der Waals surface area contributed by atoms with Crippen molar-refractivity contribution >= 4 is 18.0 Å². The molecule has 2 rings (SSSR count). The van der Waals surface area contributed by atoms with Gasteiger partial charge in [0.2, 0.25) is 0 Å². The summed E-state index contributed by atoms with van der Waals surface area (Å²) in [5.74, 6) is 1.21. The van der Waals surface area contributed by atoms with Gasteiger partial charge in [-0.15, -0.1) is 0 Å². The van der Waals surface area contributed by atoms with Gasteiger partial charge in [0, 0.05) is 12.2 Å². The molecule has 0 saturated carbocycles. The first-order valence-corrected chi connectivity index (χ1v) is 12.8. The third-order valence-electron chi connectivity index (χ3n) is 5.32. The molecule has 0 saturated heterocycles. The molecule has 194 valence electrons. The molecular weight excluding hydrogens is 456 g/mol. The van der Waals surface area contributed by atoms with Crippen molar-refractivity contribution in [2.24, 2.45) is 0 Å². The molecule has 6 heteroatoms. The molecule has 0 atom stereocenters. The Morgan fingerprint density at radius 1 is 0.694 bits per heavy atom. The van der Waals surface area contributed by atoms with Crippen LogP contribution in [-0.4, -0.2) is 31.8 Å². The van der Waals surface area contributed by atoms with Crippen molar-refractivity contribution in [3.8, 4) is 17.2 Å². The summed E-state index contributed by atoms with van der Waals surface area (Å²) in [7, 11) is 0. The third-order valence-corrected chi connectivity index (χ3v) is 5.32. The summed E-state index contributed by atoms with van der Waals surface area (Å²) in [5.41, 5.74) is 0.875. The lowest BCUT2D eigenvalue weighted by Crippen LogP contribution is -2.03. The highest BCUT2D eigenvalue weighted by Crippen LogP contribution is 2.19. The topological polar surface area (TPSA) is 71.1 Å². The van der Waals surface area contributed by atoms with Gasteiger partial charge in [0.1, 0.15) is 17.2 Å². The minimum atomic E-state index is -0.442. The van der Waals surface area contributed by atoms with E-state index in [0.29, 0.717) is 25.6 Å². The summed E-state index contributed by atoms with van der Waals surface area (Å²) >= 11 is 0. The summed E-state index contributed by atoms with van der Waals surface area (Å²) in [6, 6.07) is 14.6. The molecule has 6 nitrogen and oxygen atoms in total. The number of unbranched alkanes of at least 4 members (excludes halogenated alkanes) is 6. The van der Waals surface area contributed by atoms with Gasteiger partial charge in [-0.25, -0.2) is 9.59 Å². The van der Waals surface area contributed by atoms with Crippen LogP contribution in [0.2, 0.25) is 0 Å². The highest BCUT2D eigenvalue weighted by Gasteiger charge is 2.02. The van der Waals surface area contributed by atoms with Gasteiger partial charge in [0.25, 0.3) is 0 Å². The number of ether oxygens (including phenoxy) is 4. The Morgan fingerprint density at radius 2 is 1.22 bits per heavy atom. The van der Waals surface area contributed by atoms with Gasteiger partial charge in [-0.2, -0.15) is 0 Å². The van der Waals surface area contributed by atoms with Crippen LogP contribution in [0.5, 0.6) is 17.2 Å². The highest BCUT2D eigenvalue weighted by molar-refractivity contribution is 5.88. The molecule has 0 bridgehead atoms. The molecule has 0 N–H and O–H groups in total. The zero-order valence-electron chi connectivity index (χ0n) is 21.3. The summed E-state index contributed by atoms with van der Waals surface area (Å²) in [4.78, 5) is 23.1. The van der Waals surface area contributed by atoms with Crippen LogP contribution in [0.4, 0.5) is 0 Å². The first-order valence-electron chi connectivity index (χ1n) is 12.8. The van der Waals surface area contributed by atoms with Gasteiger partial charge in [-0.1, -0.05) is 44.9 Å². The first kappa shape index (κ1) is 28.7. The van der Waals surface area contributed by atoms with Crippen molar-refractivity contribution in [3.63, 3.8) is 0 Å². The average Bonchev–Trinajstić information content (AvgIpc) is 2.90. The quantitative estimate of drug-likeness (QED) is 0.0968. The molecule has 0 aliphatic heterocycles. The van der Waals surface area contributed by atoms with Crippen molar-refractivity contribution < 1.29 is 28.5 Å². The fraction of sp³-hybridized carbons (Fsp3) is 0.400. The second-order valence-corrected chi connectivity index (χ2v) is 8.34. The van der Waals surface area contributed by atoms with Gasteiger partial charge in [0.15, 0.2) is 0 Å². The van der Waals surface area contributed by atoms with Crippen LogP contribution in [0.1, 0.15) is 63.9 Å². The molecule has 0 spiro atoms. The van der Waals surface area contributed by atoms with E-state index in [1.54, 1.807) is 18.2 Å². The smallest absolute Gasteiger partial charge is 0.336 e. The zero-order valence-corrected chi connectivity index (χ0v) is 21.3. The summed E-state index contributed by atoms with van der Waals surface area (Å²) in [6.45, 7) is 7.29. The third kappa shape index (κ3) is 12.8. The summed E-state index contributed by atoms with van der Waals surface area (Å²) < 4.78 is 21.8. The van der Waals surface area contributed by atoms with E-state index in [1.165, 1.54) is 31.4 Å². The highest BCUT2D eigenvalue weighted by atomic mass is 16.5. The molecule has 0 amide bonds. The molecule has 0 heterocycles. The van der Waals surface area contributed by atoms with Gasteiger partial charge < -0.3 is 18.9 Å². The van der Waals surface area contributed by atoms with Crippen molar-refractivity contribution in [1.29, 1.82) is 0 Å². The Labute approximate surface area is 214 Å². The monoisotopic (exact) mass is 494 g/mol. The van der Waals surface area contributed by atoms with Gasteiger partial charge in [0.05, 0.1) is 19.8 Å². The van der Waals surface area contributed by atoms with Crippen molar-refractivity contribution in [2.45, 2.75) is 58.3 Å². The molecule has 0 radical (unpaired) electrons. The number of esters is 2. The number of carbonyl (C=O) groups excluding carboxylic acids is 2. The molecule has 2 aromatic rings. The predicted molar refractivity (Wildman–Crippen MR) is 142 cm³/mol. The summed E-state index contributed by atoms with van der Waals surface area (Å²) in [5, 5.41) is 0. The van der Waals surface area contributed by atoms with Crippen molar-refractivity contribution in [3.05, 3.63) is 72.8 Å². The van der Waals surface area contributed by atoms with Gasteiger partial charge >= 0.3 is 11.9 Å². The molecule has 0 aliphatic carbocycles. The van der Waals surface area contributed by atoms with Crippen LogP contribution in [0.25, 0.3) is 6.08 Å². The van der Waals surface area contributed by atoms with E-state index in [1.807, 2.05) is 36.4 Å². The van der Waals surface area contributed by atoms with E-state index in [-0.39, 0.29) is 5.97 Å². The molecular formula is C30H38O6. The zero-order chi connectivity index (χ0) is 25.8. The van der Waals surface area contributed by atoms with Crippen LogP contribution in [0.3, 0.4) is 0 Å². The van der Waals surface area contributed by atoms with Crippen molar-refractivity contribution in [2.75, 3.05) is 19.8 Å². The lowest BCUT2D eigenvalue weighted by Gasteiger charge is -2.07. The maximum Gasteiger partial charge on any atom is 0.336 e. The average molecular weight is 495 g/mol. The van der Waals surface area contributed by atoms with E-state index in [2.05, 4.69) is 13.5 Å². The largest absolute Gasteiger partial charge is 0.494 e. The van der Waals surface area contributed by atoms with E-state index >= 15 is 0 Å². The van der Waals surface area contributed by atoms with Crippen LogP contribution in [0, 0.1) is 0 Å². The van der Waals surface area contributed by atoms with Crippen LogP contribution >= 0.6 is 0 Å². The lowest BCUT2D eigenvalue weighted by atomic mass is 10.2. The molecule has 0 unspecified atom stereocenters. The minimum Gasteiger partial charge on any atom is -0.494 e. The minimum absolute atomic E-state index is 0.377. The number of hydrogen-bond donors (Lipinski definition) is 0.